The summed E-state index contributed by atoms with van der Waals surface area (Å²) < 4.78 is 1.74. The predicted octanol–water partition coefficient (Wildman–Crippen LogP) is 1.75. The second-order valence-corrected chi connectivity index (χ2v) is 8.19. The first kappa shape index (κ1) is 16.3. The van der Waals surface area contributed by atoms with Crippen molar-refractivity contribution < 1.29 is 4.79 Å². The smallest absolute Gasteiger partial charge is 0.236 e. The van der Waals surface area contributed by atoms with Gasteiger partial charge in [-0.3, -0.25) is 10.1 Å². The van der Waals surface area contributed by atoms with Crippen molar-refractivity contribution in [3.63, 3.8) is 0 Å². The van der Waals surface area contributed by atoms with Gasteiger partial charge in [0.05, 0.1) is 5.75 Å². The Hall–Kier alpha value is -1.08. The minimum absolute atomic E-state index is 0.0257. The molecule has 1 fully saturated rings. The summed E-state index contributed by atoms with van der Waals surface area (Å²) in [5.74, 6) is 2.19. The standard InChI is InChI=1S/C14H25N5OS/c1-14(2,3)21-9-11(20)16-13-17-12(18-19(13)4)10-5-7-15-8-6-10/h10,15H,5-9H2,1-4H3,(H,16,17,18,20). The molecule has 21 heavy (non-hydrogen) atoms. The lowest BCUT2D eigenvalue weighted by Gasteiger charge is -2.19. The fraction of sp³-hybridized carbons (Fsp3) is 0.786. The van der Waals surface area contributed by atoms with E-state index >= 15 is 0 Å². The zero-order chi connectivity index (χ0) is 15.5. The van der Waals surface area contributed by atoms with Crippen molar-refractivity contribution in [2.75, 3.05) is 24.2 Å². The molecule has 0 atom stereocenters. The highest BCUT2D eigenvalue weighted by atomic mass is 32.2. The number of piperidine rings is 1. The van der Waals surface area contributed by atoms with E-state index in [1.54, 1.807) is 16.4 Å². The Morgan fingerprint density at radius 1 is 1.43 bits per heavy atom. The molecule has 1 saturated heterocycles. The molecule has 1 aliphatic rings. The highest BCUT2D eigenvalue weighted by Crippen LogP contribution is 2.24. The molecule has 118 valence electrons. The van der Waals surface area contributed by atoms with Gasteiger partial charge in [-0.2, -0.15) is 10.1 Å². The highest BCUT2D eigenvalue weighted by Gasteiger charge is 2.21. The molecule has 2 N–H and O–H groups in total. The number of thioether (sulfide) groups is 1. The quantitative estimate of drug-likeness (QED) is 0.886. The van der Waals surface area contributed by atoms with E-state index in [0.29, 0.717) is 17.6 Å². The van der Waals surface area contributed by atoms with Crippen LogP contribution >= 0.6 is 11.8 Å². The molecule has 1 aromatic heterocycles. The average Bonchev–Trinajstić information content (AvgIpc) is 2.78. The van der Waals surface area contributed by atoms with E-state index in [2.05, 4.69) is 41.5 Å². The molecule has 1 aliphatic heterocycles. The number of aryl methyl sites for hydroxylation is 1. The minimum Gasteiger partial charge on any atom is -0.317 e. The van der Waals surface area contributed by atoms with E-state index in [1.165, 1.54) is 0 Å². The highest BCUT2D eigenvalue weighted by molar-refractivity contribution is 8.01. The number of nitrogens with one attached hydrogen (secondary N) is 2. The van der Waals surface area contributed by atoms with E-state index in [9.17, 15) is 4.79 Å². The molecule has 0 spiro atoms. The van der Waals surface area contributed by atoms with Crippen LogP contribution in [0.5, 0.6) is 0 Å². The van der Waals surface area contributed by atoms with Crippen LogP contribution in [0, 0.1) is 0 Å². The summed E-state index contributed by atoms with van der Waals surface area (Å²) in [6.07, 6.45) is 2.11. The zero-order valence-electron chi connectivity index (χ0n) is 13.3. The Labute approximate surface area is 130 Å². The maximum atomic E-state index is 12.0. The maximum absolute atomic E-state index is 12.0. The molecule has 0 bridgehead atoms. The number of carbonyl (C=O) groups is 1. The van der Waals surface area contributed by atoms with E-state index in [1.807, 2.05) is 7.05 Å². The summed E-state index contributed by atoms with van der Waals surface area (Å²) in [6, 6.07) is 0. The van der Waals surface area contributed by atoms with Gasteiger partial charge in [-0.05, 0) is 25.9 Å². The van der Waals surface area contributed by atoms with Crippen LogP contribution in [0.25, 0.3) is 0 Å². The van der Waals surface area contributed by atoms with Gasteiger partial charge >= 0.3 is 0 Å². The summed E-state index contributed by atoms with van der Waals surface area (Å²) >= 11 is 1.62. The molecule has 2 heterocycles. The lowest BCUT2D eigenvalue weighted by Crippen LogP contribution is -2.27. The number of rotatable bonds is 4. The molecule has 2 rings (SSSR count). The van der Waals surface area contributed by atoms with Gasteiger partial charge in [0.2, 0.25) is 11.9 Å². The zero-order valence-corrected chi connectivity index (χ0v) is 14.1. The number of amides is 1. The van der Waals surface area contributed by atoms with Gasteiger partial charge in [0, 0.05) is 17.7 Å². The van der Waals surface area contributed by atoms with Crippen molar-refractivity contribution in [2.24, 2.45) is 7.05 Å². The Morgan fingerprint density at radius 2 is 2.10 bits per heavy atom. The van der Waals surface area contributed by atoms with Crippen LogP contribution in [-0.4, -0.2) is 44.3 Å². The molecular weight excluding hydrogens is 286 g/mol. The third-order valence-electron chi connectivity index (χ3n) is 3.37. The molecular formula is C14H25N5OS. The van der Waals surface area contributed by atoms with Crippen molar-refractivity contribution in [3.05, 3.63) is 5.82 Å². The summed E-state index contributed by atoms with van der Waals surface area (Å²) in [7, 11) is 1.82. The first-order chi connectivity index (χ1) is 9.85. The number of anilines is 1. The van der Waals surface area contributed by atoms with E-state index in [0.717, 1.165) is 31.8 Å². The fourth-order valence-electron chi connectivity index (χ4n) is 2.21. The number of carbonyl (C=O) groups excluding carboxylic acids is 1. The van der Waals surface area contributed by atoms with E-state index in [4.69, 9.17) is 0 Å². The lowest BCUT2D eigenvalue weighted by molar-refractivity contribution is -0.113. The van der Waals surface area contributed by atoms with Crippen molar-refractivity contribution in [1.29, 1.82) is 0 Å². The van der Waals surface area contributed by atoms with E-state index < -0.39 is 0 Å². The number of nitrogens with zero attached hydrogens (tertiary/aromatic N) is 3. The summed E-state index contributed by atoms with van der Waals surface area (Å²) in [6.45, 7) is 8.31. The maximum Gasteiger partial charge on any atom is 0.236 e. The van der Waals surface area contributed by atoms with Crippen LogP contribution in [0.2, 0.25) is 0 Å². The molecule has 0 radical (unpaired) electrons. The predicted molar refractivity (Wildman–Crippen MR) is 86.7 cm³/mol. The molecule has 0 aliphatic carbocycles. The molecule has 1 amide bonds. The Morgan fingerprint density at radius 3 is 2.71 bits per heavy atom. The molecule has 0 aromatic carbocycles. The van der Waals surface area contributed by atoms with Gasteiger partial charge < -0.3 is 5.32 Å². The lowest BCUT2D eigenvalue weighted by atomic mass is 9.98. The summed E-state index contributed by atoms with van der Waals surface area (Å²) in [4.78, 5) is 16.5. The van der Waals surface area contributed by atoms with Gasteiger partial charge in [0.15, 0.2) is 5.82 Å². The molecule has 6 nitrogen and oxygen atoms in total. The largest absolute Gasteiger partial charge is 0.317 e. The van der Waals surface area contributed by atoms with Crippen molar-refractivity contribution in [3.8, 4) is 0 Å². The third kappa shape index (κ3) is 5.00. The van der Waals surface area contributed by atoms with Crippen LogP contribution in [0.1, 0.15) is 45.4 Å². The van der Waals surface area contributed by atoms with Gasteiger partial charge in [-0.25, -0.2) is 4.68 Å². The Balaban J connectivity index is 1.94. The first-order valence-electron chi connectivity index (χ1n) is 7.40. The molecule has 1 aromatic rings. The summed E-state index contributed by atoms with van der Waals surface area (Å²) in [5, 5.41) is 10.6. The Bertz CT molecular complexity index is 488. The normalized spacial score (nSPS) is 17.0. The van der Waals surface area contributed by atoms with Crippen molar-refractivity contribution in [2.45, 2.75) is 44.3 Å². The Kier molecular flexibility index (Phi) is 5.27. The van der Waals surface area contributed by atoms with Crippen LogP contribution < -0.4 is 10.6 Å². The number of hydrogen-bond donors (Lipinski definition) is 2. The van der Waals surface area contributed by atoms with Gasteiger partial charge in [-0.15, -0.1) is 11.8 Å². The monoisotopic (exact) mass is 311 g/mol. The molecule has 7 heteroatoms. The average molecular weight is 311 g/mol. The first-order valence-corrected chi connectivity index (χ1v) is 8.39. The molecule has 0 unspecified atom stereocenters. The van der Waals surface area contributed by atoms with Gasteiger partial charge in [-0.1, -0.05) is 20.8 Å². The van der Waals surface area contributed by atoms with Gasteiger partial charge in [0.1, 0.15) is 0 Å². The minimum atomic E-state index is -0.0257. The fourth-order valence-corrected chi connectivity index (χ4v) is 2.85. The van der Waals surface area contributed by atoms with Crippen molar-refractivity contribution in [1.82, 2.24) is 20.1 Å². The van der Waals surface area contributed by atoms with Crippen LogP contribution in [0.15, 0.2) is 0 Å². The topological polar surface area (TPSA) is 71.8 Å². The second-order valence-electron chi connectivity index (χ2n) is 6.39. The van der Waals surface area contributed by atoms with Crippen LogP contribution in [-0.2, 0) is 11.8 Å². The SMILES string of the molecule is Cn1nc(C2CCNCC2)nc1NC(=O)CSC(C)(C)C. The van der Waals surface area contributed by atoms with Crippen molar-refractivity contribution >= 4 is 23.6 Å². The van der Waals surface area contributed by atoms with Crippen LogP contribution in [0.4, 0.5) is 5.95 Å². The second kappa shape index (κ2) is 6.79. The number of hydrogen-bond acceptors (Lipinski definition) is 5. The van der Waals surface area contributed by atoms with Gasteiger partial charge in [0.25, 0.3) is 0 Å². The van der Waals surface area contributed by atoms with Crippen LogP contribution in [0.3, 0.4) is 0 Å². The molecule has 0 saturated carbocycles. The summed E-state index contributed by atoms with van der Waals surface area (Å²) in [5.41, 5.74) is 0. The third-order valence-corrected chi connectivity index (χ3v) is 4.64. The number of aromatic nitrogens is 3. The van der Waals surface area contributed by atoms with E-state index in [-0.39, 0.29) is 10.7 Å².